The van der Waals surface area contributed by atoms with Gasteiger partial charge in [-0.3, -0.25) is 0 Å². The molecule has 66 valence electrons. The molecule has 0 atom stereocenters. The number of furan rings is 1. The molecule has 0 spiro atoms. The molecule has 1 heterocycles. The number of hydrogen-bond acceptors (Lipinski definition) is 3. The molecule has 3 nitrogen and oxygen atoms in total. The maximum atomic E-state index is 5.43. The minimum Gasteiger partial charge on any atom is -0.468 e. The minimum atomic E-state index is 0.416. The monoisotopic (exact) mass is 167 g/mol. The summed E-state index contributed by atoms with van der Waals surface area (Å²) in [7, 11) is 0. The van der Waals surface area contributed by atoms with E-state index in [0.29, 0.717) is 19.8 Å². The standard InChI is InChI=1S/C9H13NO2/c1-2-4-11-7-8-3-5-12-9(8)6-10/h2-3,5H,1,4,6-7,10H2. The highest BCUT2D eigenvalue weighted by Crippen LogP contribution is 2.10. The third-order valence-corrected chi connectivity index (χ3v) is 1.52. The summed E-state index contributed by atoms with van der Waals surface area (Å²) in [5, 5.41) is 0. The zero-order chi connectivity index (χ0) is 8.81. The molecule has 0 saturated heterocycles. The molecule has 12 heavy (non-hydrogen) atoms. The molecular formula is C9H13NO2. The molecule has 0 radical (unpaired) electrons. The van der Waals surface area contributed by atoms with Crippen molar-refractivity contribution >= 4 is 0 Å². The average Bonchev–Trinajstić information content (AvgIpc) is 2.52. The van der Waals surface area contributed by atoms with E-state index < -0.39 is 0 Å². The molecule has 0 fully saturated rings. The maximum Gasteiger partial charge on any atom is 0.122 e. The Balaban J connectivity index is 2.44. The van der Waals surface area contributed by atoms with Gasteiger partial charge in [-0.05, 0) is 6.07 Å². The van der Waals surface area contributed by atoms with Crippen molar-refractivity contribution in [2.24, 2.45) is 5.73 Å². The van der Waals surface area contributed by atoms with E-state index in [2.05, 4.69) is 6.58 Å². The predicted octanol–water partition coefficient (Wildman–Crippen LogP) is 1.44. The van der Waals surface area contributed by atoms with Crippen LogP contribution in [-0.2, 0) is 17.9 Å². The molecule has 0 aromatic carbocycles. The van der Waals surface area contributed by atoms with Gasteiger partial charge in [0, 0.05) is 5.56 Å². The first-order valence-electron chi connectivity index (χ1n) is 3.82. The summed E-state index contributed by atoms with van der Waals surface area (Å²) >= 11 is 0. The van der Waals surface area contributed by atoms with Crippen LogP contribution in [0.1, 0.15) is 11.3 Å². The van der Waals surface area contributed by atoms with Crippen molar-refractivity contribution in [3.63, 3.8) is 0 Å². The Morgan fingerprint density at radius 2 is 2.50 bits per heavy atom. The smallest absolute Gasteiger partial charge is 0.122 e. The van der Waals surface area contributed by atoms with Crippen molar-refractivity contribution in [3.8, 4) is 0 Å². The van der Waals surface area contributed by atoms with Gasteiger partial charge in [0.2, 0.25) is 0 Å². The Bertz CT molecular complexity index is 242. The van der Waals surface area contributed by atoms with Crippen molar-refractivity contribution < 1.29 is 9.15 Å². The molecule has 1 rings (SSSR count). The lowest BCUT2D eigenvalue weighted by atomic mass is 10.2. The van der Waals surface area contributed by atoms with Crippen LogP contribution in [0.25, 0.3) is 0 Å². The second-order valence-electron chi connectivity index (χ2n) is 2.38. The molecule has 0 bridgehead atoms. The zero-order valence-electron chi connectivity index (χ0n) is 6.95. The van der Waals surface area contributed by atoms with Crippen LogP contribution in [0.4, 0.5) is 0 Å². The number of nitrogens with two attached hydrogens (primary N) is 1. The van der Waals surface area contributed by atoms with E-state index in [1.807, 2.05) is 6.07 Å². The molecule has 0 aliphatic carbocycles. The average molecular weight is 167 g/mol. The topological polar surface area (TPSA) is 48.4 Å². The summed E-state index contributed by atoms with van der Waals surface area (Å²) in [5.74, 6) is 0.791. The van der Waals surface area contributed by atoms with Crippen molar-refractivity contribution in [2.75, 3.05) is 6.61 Å². The van der Waals surface area contributed by atoms with Crippen LogP contribution in [0.5, 0.6) is 0 Å². The van der Waals surface area contributed by atoms with E-state index in [-0.39, 0.29) is 0 Å². The van der Waals surface area contributed by atoms with Gasteiger partial charge in [-0.25, -0.2) is 0 Å². The zero-order valence-corrected chi connectivity index (χ0v) is 6.95. The predicted molar refractivity (Wildman–Crippen MR) is 46.5 cm³/mol. The third-order valence-electron chi connectivity index (χ3n) is 1.52. The highest BCUT2D eigenvalue weighted by molar-refractivity contribution is 5.15. The highest BCUT2D eigenvalue weighted by atomic mass is 16.5. The third kappa shape index (κ3) is 2.22. The fraction of sp³-hybridized carbons (Fsp3) is 0.333. The summed E-state index contributed by atoms with van der Waals surface area (Å²) in [6, 6.07) is 1.87. The maximum absolute atomic E-state index is 5.43. The van der Waals surface area contributed by atoms with Crippen LogP contribution >= 0.6 is 0 Å². The molecule has 0 unspecified atom stereocenters. The summed E-state index contributed by atoms with van der Waals surface area (Å²) in [6.45, 7) is 5.05. The normalized spacial score (nSPS) is 10.1. The first kappa shape index (κ1) is 9.03. The Morgan fingerprint density at radius 1 is 1.67 bits per heavy atom. The summed E-state index contributed by atoms with van der Waals surface area (Å²) < 4.78 is 10.3. The van der Waals surface area contributed by atoms with Crippen LogP contribution in [0, 0.1) is 0 Å². The molecule has 0 saturated carbocycles. The SMILES string of the molecule is C=CCOCc1ccoc1CN. The first-order chi connectivity index (χ1) is 5.88. The Kier molecular flexibility index (Phi) is 3.57. The summed E-state index contributed by atoms with van der Waals surface area (Å²) in [6.07, 6.45) is 3.33. The highest BCUT2D eigenvalue weighted by Gasteiger charge is 2.02. The molecule has 1 aromatic heterocycles. The van der Waals surface area contributed by atoms with Crippen molar-refractivity contribution in [1.82, 2.24) is 0 Å². The van der Waals surface area contributed by atoms with Gasteiger partial charge >= 0.3 is 0 Å². The van der Waals surface area contributed by atoms with E-state index in [4.69, 9.17) is 14.9 Å². The number of ether oxygens (including phenoxy) is 1. The van der Waals surface area contributed by atoms with Crippen LogP contribution in [0.2, 0.25) is 0 Å². The molecule has 3 heteroatoms. The van der Waals surface area contributed by atoms with E-state index >= 15 is 0 Å². The fourth-order valence-electron chi connectivity index (χ4n) is 0.927. The van der Waals surface area contributed by atoms with Gasteiger partial charge in [0.25, 0.3) is 0 Å². The van der Waals surface area contributed by atoms with Gasteiger partial charge in [0.15, 0.2) is 0 Å². The van der Waals surface area contributed by atoms with Crippen molar-refractivity contribution in [3.05, 3.63) is 36.3 Å². The molecule has 1 aromatic rings. The quantitative estimate of drug-likeness (QED) is 0.533. The Morgan fingerprint density at radius 3 is 3.17 bits per heavy atom. The summed E-state index contributed by atoms with van der Waals surface area (Å²) in [4.78, 5) is 0. The van der Waals surface area contributed by atoms with Gasteiger partial charge in [-0.2, -0.15) is 0 Å². The van der Waals surface area contributed by atoms with E-state index in [1.54, 1.807) is 12.3 Å². The van der Waals surface area contributed by atoms with E-state index in [9.17, 15) is 0 Å². The van der Waals surface area contributed by atoms with Gasteiger partial charge in [-0.15, -0.1) is 6.58 Å². The van der Waals surface area contributed by atoms with Gasteiger partial charge in [0.1, 0.15) is 5.76 Å². The minimum absolute atomic E-state index is 0.416. The molecular weight excluding hydrogens is 154 g/mol. The van der Waals surface area contributed by atoms with Gasteiger partial charge in [0.05, 0.1) is 26.0 Å². The lowest BCUT2D eigenvalue weighted by molar-refractivity contribution is 0.147. The van der Waals surface area contributed by atoms with Crippen molar-refractivity contribution in [2.45, 2.75) is 13.2 Å². The van der Waals surface area contributed by atoms with E-state index in [1.165, 1.54) is 0 Å². The van der Waals surface area contributed by atoms with Crippen molar-refractivity contribution in [1.29, 1.82) is 0 Å². The van der Waals surface area contributed by atoms with Crippen LogP contribution in [0.3, 0.4) is 0 Å². The molecule has 0 aliphatic heterocycles. The molecule has 0 amide bonds. The first-order valence-corrected chi connectivity index (χ1v) is 3.82. The molecule has 0 aliphatic rings. The Hall–Kier alpha value is -1.06. The van der Waals surface area contributed by atoms with E-state index in [0.717, 1.165) is 11.3 Å². The number of hydrogen-bond donors (Lipinski definition) is 1. The van der Waals surface area contributed by atoms with Crippen LogP contribution in [-0.4, -0.2) is 6.61 Å². The largest absolute Gasteiger partial charge is 0.468 e. The second kappa shape index (κ2) is 4.74. The fourth-order valence-corrected chi connectivity index (χ4v) is 0.927. The van der Waals surface area contributed by atoms with Crippen LogP contribution in [0.15, 0.2) is 29.4 Å². The van der Waals surface area contributed by atoms with Gasteiger partial charge < -0.3 is 14.9 Å². The van der Waals surface area contributed by atoms with Gasteiger partial charge in [-0.1, -0.05) is 6.08 Å². The summed E-state index contributed by atoms with van der Waals surface area (Å²) in [5.41, 5.74) is 6.44. The second-order valence-corrected chi connectivity index (χ2v) is 2.38. The Labute approximate surface area is 71.8 Å². The molecule has 2 N–H and O–H groups in total. The lowest BCUT2D eigenvalue weighted by Gasteiger charge is -1.99. The number of rotatable bonds is 5. The lowest BCUT2D eigenvalue weighted by Crippen LogP contribution is -2.00. The van der Waals surface area contributed by atoms with Crippen LogP contribution < -0.4 is 5.73 Å².